The lowest BCUT2D eigenvalue weighted by Gasteiger charge is -2.18. The standard InChI is InChI=1S/C9H9BrF3NO/c10-6-1-2-7(5(3-6)4-15)8(14)9(11,12)13/h1-3,8,15H,4,14H2/t8-/m0/s1. The van der Waals surface area contributed by atoms with Crippen LogP contribution in [0.5, 0.6) is 0 Å². The van der Waals surface area contributed by atoms with Crippen molar-refractivity contribution in [3.63, 3.8) is 0 Å². The van der Waals surface area contributed by atoms with E-state index in [0.29, 0.717) is 4.47 Å². The Kier molecular flexibility index (Phi) is 3.75. The van der Waals surface area contributed by atoms with Crippen LogP contribution in [-0.2, 0) is 6.61 Å². The normalized spacial score (nSPS) is 14.0. The Hall–Kier alpha value is -0.590. The van der Waals surface area contributed by atoms with E-state index in [9.17, 15) is 13.2 Å². The summed E-state index contributed by atoms with van der Waals surface area (Å²) in [4.78, 5) is 0. The number of hydrogen-bond acceptors (Lipinski definition) is 2. The van der Waals surface area contributed by atoms with Crippen LogP contribution in [0.1, 0.15) is 17.2 Å². The Morgan fingerprint density at radius 1 is 1.40 bits per heavy atom. The molecule has 84 valence electrons. The predicted molar refractivity (Wildman–Crippen MR) is 53.0 cm³/mol. The van der Waals surface area contributed by atoms with E-state index in [-0.39, 0.29) is 11.1 Å². The van der Waals surface area contributed by atoms with Gasteiger partial charge in [0.2, 0.25) is 0 Å². The number of halogens is 4. The summed E-state index contributed by atoms with van der Waals surface area (Å²) < 4.78 is 37.6. The van der Waals surface area contributed by atoms with Crippen LogP contribution in [0.3, 0.4) is 0 Å². The van der Waals surface area contributed by atoms with Crippen molar-refractivity contribution in [3.8, 4) is 0 Å². The van der Waals surface area contributed by atoms with Crippen LogP contribution in [-0.4, -0.2) is 11.3 Å². The molecule has 0 aliphatic carbocycles. The first kappa shape index (κ1) is 12.5. The number of aliphatic hydroxyl groups is 1. The number of benzene rings is 1. The Morgan fingerprint density at radius 3 is 2.47 bits per heavy atom. The monoisotopic (exact) mass is 283 g/mol. The molecule has 0 aromatic heterocycles. The van der Waals surface area contributed by atoms with Crippen LogP contribution in [0.15, 0.2) is 22.7 Å². The van der Waals surface area contributed by atoms with E-state index in [1.54, 1.807) is 0 Å². The van der Waals surface area contributed by atoms with Crippen LogP contribution in [0.4, 0.5) is 13.2 Å². The molecule has 0 aliphatic rings. The van der Waals surface area contributed by atoms with Crippen molar-refractivity contribution in [2.24, 2.45) is 5.73 Å². The van der Waals surface area contributed by atoms with Gasteiger partial charge in [0.05, 0.1) is 6.61 Å². The molecule has 0 bridgehead atoms. The highest BCUT2D eigenvalue weighted by Gasteiger charge is 2.38. The number of hydrogen-bond donors (Lipinski definition) is 2. The Labute approximate surface area is 93.0 Å². The highest BCUT2D eigenvalue weighted by Crippen LogP contribution is 2.33. The van der Waals surface area contributed by atoms with E-state index >= 15 is 0 Å². The Balaban J connectivity index is 3.14. The molecule has 0 saturated heterocycles. The maximum absolute atomic E-state index is 12.3. The number of nitrogens with two attached hydrogens (primary N) is 1. The minimum Gasteiger partial charge on any atom is -0.392 e. The van der Waals surface area contributed by atoms with Gasteiger partial charge < -0.3 is 10.8 Å². The van der Waals surface area contributed by atoms with Gasteiger partial charge in [0.1, 0.15) is 6.04 Å². The van der Waals surface area contributed by atoms with Crippen LogP contribution in [0.25, 0.3) is 0 Å². The van der Waals surface area contributed by atoms with Gasteiger partial charge in [0.15, 0.2) is 0 Å². The van der Waals surface area contributed by atoms with Gasteiger partial charge in [-0.25, -0.2) is 0 Å². The molecule has 0 spiro atoms. The molecular formula is C9H9BrF3NO. The fourth-order valence-electron chi connectivity index (χ4n) is 1.19. The summed E-state index contributed by atoms with van der Waals surface area (Å²) in [6, 6.07) is 2.07. The van der Waals surface area contributed by atoms with Crippen molar-refractivity contribution in [3.05, 3.63) is 33.8 Å². The average molecular weight is 284 g/mol. The van der Waals surface area contributed by atoms with Gasteiger partial charge in [0, 0.05) is 4.47 Å². The van der Waals surface area contributed by atoms with Crippen molar-refractivity contribution < 1.29 is 18.3 Å². The first-order valence-electron chi connectivity index (χ1n) is 4.07. The zero-order valence-electron chi connectivity index (χ0n) is 7.55. The van der Waals surface area contributed by atoms with E-state index in [0.717, 1.165) is 0 Å². The molecule has 3 N–H and O–H groups in total. The molecule has 0 aliphatic heterocycles. The van der Waals surface area contributed by atoms with E-state index in [1.807, 2.05) is 0 Å². The molecule has 0 fully saturated rings. The third-order valence-electron chi connectivity index (χ3n) is 1.96. The maximum atomic E-state index is 12.3. The maximum Gasteiger partial charge on any atom is 0.407 e. The van der Waals surface area contributed by atoms with Crippen LogP contribution in [0, 0.1) is 0 Å². The van der Waals surface area contributed by atoms with Gasteiger partial charge in [-0.3, -0.25) is 0 Å². The first-order chi connectivity index (χ1) is 6.86. The lowest BCUT2D eigenvalue weighted by atomic mass is 10.0. The van der Waals surface area contributed by atoms with Crippen molar-refractivity contribution in [1.82, 2.24) is 0 Å². The van der Waals surface area contributed by atoms with Crippen LogP contribution < -0.4 is 5.73 Å². The quantitative estimate of drug-likeness (QED) is 0.876. The summed E-state index contributed by atoms with van der Waals surface area (Å²) in [6.07, 6.45) is -4.50. The average Bonchev–Trinajstić information content (AvgIpc) is 2.15. The summed E-state index contributed by atoms with van der Waals surface area (Å²) in [6.45, 7) is -0.474. The highest BCUT2D eigenvalue weighted by atomic mass is 79.9. The predicted octanol–water partition coefficient (Wildman–Crippen LogP) is 2.50. The summed E-state index contributed by atoms with van der Waals surface area (Å²) >= 11 is 3.10. The highest BCUT2D eigenvalue weighted by molar-refractivity contribution is 9.10. The summed E-state index contributed by atoms with van der Waals surface area (Å²) in [7, 11) is 0. The molecule has 15 heavy (non-hydrogen) atoms. The minimum absolute atomic E-state index is 0.104. The van der Waals surface area contributed by atoms with Crippen molar-refractivity contribution in [1.29, 1.82) is 0 Å². The lowest BCUT2D eigenvalue weighted by molar-refractivity contribution is -0.149. The molecule has 0 unspecified atom stereocenters. The fourth-order valence-corrected chi connectivity index (χ4v) is 1.60. The Morgan fingerprint density at radius 2 is 2.00 bits per heavy atom. The van der Waals surface area contributed by atoms with Gasteiger partial charge in [-0.1, -0.05) is 22.0 Å². The van der Waals surface area contributed by atoms with E-state index in [2.05, 4.69) is 15.9 Å². The molecule has 0 radical (unpaired) electrons. The van der Waals surface area contributed by atoms with E-state index in [4.69, 9.17) is 10.8 Å². The largest absolute Gasteiger partial charge is 0.407 e. The molecule has 1 aromatic carbocycles. The second-order valence-corrected chi connectivity index (χ2v) is 3.94. The zero-order valence-corrected chi connectivity index (χ0v) is 9.14. The van der Waals surface area contributed by atoms with E-state index < -0.39 is 18.8 Å². The third kappa shape index (κ3) is 2.93. The van der Waals surface area contributed by atoms with Crippen molar-refractivity contribution in [2.75, 3.05) is 0 Å². The van der Waals surface area contributed by atoms with Gasteiger partial charge in [-0.05, 0) is 23.3 Å². The molecule has 1 aromatic rings. The summed E-state index contributed by atoms with van der Waals surface area (Å²) in [5, 5.41) is 8.91. The number of rotatable bonds is 2. The molecular weight excluding hydrogens is 275 g/mol. The SMILES string of the molecule is N[C@@H](c1ccc(Br)cc1CO)C(F)(F)F. The van der Waals surface area contributed by atoms with Gasteiger partial charge in [-0.2, -0.15) is 13.2 Å². The topological polar surface area (TPSA) is 46.2 Å². The fraction of sp³-hybridized carbons (Fsp3) is 0.333. The molecule has 1 atom stereocenters. The zero-order chi connectivity index (χ0) is 11.6. The van der Waals surface area contributed by atoms with Crippen LogP contribution in [0.2, 0.25) is 0 Å². The lowest BCUT2D eigenvalue weighted by Crippen LogP contribution is -2.29. The van der Waals surface area contributed by atoms with Crippen molar-refractivity contribution >= 4 is 15.9 Å². The number of alkyl halides is 3. The molecule has 0 amide bonds. The van der Waals surface area contributed by atoms with E-state index in [1.165, 1.54) is 18.2 Å². The second kappa shape index (κ2) is 4.51. The molecule has 0 heterocycles. The summed E-state index contributed by atoms with van der Waals surface area (Å²) in [5.74, 6) is 0. The van der Waals surface area contributed by atoms with Crippen molar-refractivity contribution in [2.45, 2.75) is 18.8 Å². The second-order valence-electron chi connectivity index (χ2n) is 3.02. The van der Waals surface area contributed by atoms with Gasteiger partial charge >= 0.3 is 6.18 Å². The molecule has 2 nitrogen and oxygen atoms in total. The number of aliphatic hydroxyl groups excluding tert-OH is 1. The Bertz CT molecular complexity index is 354. The third-order valence-corrected chi connectivity index (χ3v) is 2.46. The van der Waals surface area contributed by atoms with Crippen LogP contribution >= 0.6 is 15.9 Å². The molecule has 1 rings (SSSR count). The van der Waals surface area contributed by atoms with Gasteiger partial charge in [0.25, 0.3) is 0 Å². The summed E-state index contributed by atoms with van der Waals surface area (Å²) in [5.41, 5.74) is 5.12. The minimum atomic E-state index is -4.50. The molecule has 0 saturated carbocycles. The smallest absolute Gasteiger partial charge is 0.392 e. The van der Waals surface area contributed by atoms with Gasteiger partial charge in [-0.15, -0.1) is 0 Å². The molecule has 6 heteroatoms. The first-order valence-corrected chi connectivity index (χ1v) is 4.87.